The van der Waals surface area contributed by atoms with Gasteiger partial charge in [-0.25, -0.2) is 4.68 Å². The SMILES string of the molecule is CCc1cc(N)nn1-c1cc(C)cc(C)c1. The molecule has 0 aliphatic heterocycles. The Morgan fingerprint density at radius 3 is 2.31 bits per heavy atom. The number of benzene rings is 1. The van der Waals surface area contributed by atoms with Gasteiger partial charge in [-0.3, -0.25) is 0 Å². The average Bonchev–Trinajstić information content (AvgIpc) is 2.58. The van der Waals surface area contributed by atoms with Crippen LogP contribution in [0.5, 0.6) is 0 Å². The molecule has 3 nitrogen and oxygen atoms in total. The van der Waals surface area contributed by atoms with Crippen LogP contribution in [0.15, 0.2) is 24.3 Å². The van der Waals surface area contributed by atoms with Crippen LogP contribution >= 0.6 is 0 Å². The van der Waals surface area contributed by atoms with Crippen molar-refractivity contribution in [1.82, 2.24) is 9.78 Å². The van der Waals surface area contributed by atoms with Gasteiger partial charge in [0.05, 0.1) is 5.69 Å². The molecular formula is C13H17N3. The Bertz CT molecular complexity index is 492. The number of anilines is 1. The molecule has 0 saturated heterocycles. The Kier molecular flexibility index (Phi) is 2.69. The second-order valence-electron chi connectivity index (χ2n) is 4.17. The minimum absolute atomic E-state index is 0.580. The maximum atomic E-state index is 5.74. The summed E-state index contributed by atoms with van der Waals surface area (Å²) in [5.74, 6) is 0.580. The Hall–Kier alpha value is -1.77. The Morgan fingerprint density at radius 1 is 1.12 bits per heavy atom. The molecule has 2 N–H and O–H groups in total. The summed E-state index contributed by atoms with van der Waals surface area (Å²) in [7, 11) is 0. The van der Waals surface area contributed by atoms with Crippen LogP contribution in [0.4, 0.5) is 5.82 Å². The molecule has 1 aromatic heterocycles. The summed E-state index contributed by atoms with van der Waals surface area (Å²) in [6.07, 6.45) is 0.928. The van der Waals surface area contributed by atoms with Crippen molar-refractivity contribution < 1.29 is 0 Å². The van der Waals surface area contributed by atoms with Crippen molar-refractivity contribution in [3.8, 4) is 5.69 Å². The summed E-state index contributed by atoms with van der Waals surface area (Å²) in [5, 5.41) is 4.33. The number of hydrogen-bond donors (Lipinski definition) is 1. The van der Waals surface area contributed by atoms with E-state index >= 15 is 0 Å². The van der Waals surface area contributed by atoms with Crippen molar-refractivity contribution >= 4 is 5.82 Å². The van der Waals surface area contributed by atoms with E-state index in [9.17, 15) is 0 Å². The zero-order chi connectivity index (χ0) is 11.7. The molecule has 0 unspecified atom stereocenters. The number of aromatic nitrogens is 2. The van der Waals surface area contributed by atoms with Gasteiger partial charge in [0, 0.05) is 11.8 Å². The second kappa shape index (κ2) is 4.00. The van der Waals surface area contributed by atoms with Gasteiger partial charge in [0.15, 0.2) is 0 Å². The molecule has 0 aliphatic rings. The largest absolute Gasteiger partial charge is 0.382 e. The highest BCUT2D eigenvalue weighted by Crippen LogP contribution is 2.17. The molecular weight excluding hydrogens is 198 g/mol. The van der Waals surface area contributed by atoms with Crippen molar-refractivity contribution in [2.75, 3.05) is 5.73 Å². The molecule has 3 heteroatoms. The standard InChI is InChI=1S/C13H17N3/c1-4-11-8-13(14)15-16(11)12-6-9(2)5-10(3)7-12/h5-8H,4H2,1-3H3,(H2,14,15). The predicted molar refractivity (Wildman–Crippen MR) is 66.8 cm³/mol. The summed E-state index contributed by atoms with van der Waals surface area (Å²) >= 11 is 0. The van der Waals surface area contributed by atoms with Crippen molar-refractivity contribution in [3.05, 3.63) is 41.1 Å². The zero-order valence-electron chi connectivity index (χ0n) is 9.99. The third-order valence-corrected chi connectivity index (χ3v) is 2.62. The van der Waals surface area contributed by atoms with E-state index in [-0.39, 0.29) is 0 Å². The maximum absolute atomic E-state index is 5.74. The van der Waals surface area contributed by atoms with E-state index in [0.717, 1.165) is 17.8 Å². The second-order valence-corrected chi connectivity index (χ2v) is 4.17. The molecule has 0 saturated carbocycles. The number of nitrogens with zero attached hydrogens (tertiary/aromatic N) is 2. The monoisotopic (exact) mass is 215 g/mol. The Morgan fingerprint density at radius 2 is 1.75 bits per heavy atom. The lowest BCUT2D eigenvalue weighted by Crippen LogP contribution is -2.02. The first-order chi connectivity index (χ1) is 7.60. The third kappa shape index (κ3) is 1.94. The van der Waals surface area contributed by atoms with E-state index < -0.39 is 0 Å². The van der Waals surface area contributed by atoms with E-state index in [4.69, 9.17) is 5.73 Å². The quantitative estimate of drug-likeness (QED) is 0.837. The van der Waals surface area contributed by atoms with Crippen molar-refractivity contribution in [3.63, 3.8) is 0 Å². The van der Waals surface area contributed by atoms with Crippen LogP contribution in [0, 0.1) is 13.8 Å². The van der Waals surface area contributed by atoms with Crippen LogP contribution in [0.3, 0.4) is 0 Å². The molecule has 2 rings (SSSR count). The van der Waals surface area contributed by atoms with Gasteiger partial charge in [0.25, 0.3) is 0 Å². The van der Waals surface area contributed by atoms with Gasteiger partial charge < -0.3 is 5.73 Å². The van der Waals surface area contributed by atoms with Crippen LogP contribution in [-0.2, 0) is 6.42 Å². The summed E-state index contributed by atoms with van der Waals surface area (Å²) in [6.45, 7) is 6.29. The van der Waals surface area contributed by atoms with E-state index in [1.807, 2.05) is 10.7 Å². The molecule has 0 amide bonds. The van der Waals surface area contributed by atoms with Crippen molar-refractivity contribution in [1.29, 1.82) is 0 Å². The summed E-state index contributed by atoms with van der Waals surface area (Å²) in [4.78, 5) is 0. The smallest absolute Gasteiger partial charge is 0.146 e. The molecule has 84 valence electrons. The van der Waals surface area contributed by atoms with Crippen LogP contribution in [0.1, 0.15) is 23.7 Å². The van der Waals surface area contributed by atoms with Gasteiger partial charge in [0.2, 0.25) is 0 Å². The van der Waals surface area contributed by atoms with Crippen molar-refractivity contribution in [2.24, 2.45) is 0 Å². The number of rotatable bonds is 2. The maximum Gasteiger partial charge on any atom is 0.146 e. The first-order valence-electron chi connectivity index (χ1n) is 5.53. The van der Waals surface area contributed by atoms with E-state index in [1.165, 1.54) is 11.1 Å². The average molecular weight is 215 g/mol. The highest BCUT2D eigenvalue weighted by Gasteiger charge is 2.06. The van der Waals surface area contributed by atoms with Crippen molar-refractivity contribution in [2.45, 2.75) is 27.2 Å². The summed E-state index contributed by atoms with van der Waals surface area (Å²) < 4.78 is 1.93. The Labute approximate surface area is 95.9 Å². The predicted octanol–water partition coefficient (Wildman–Crippen LogP) is 2.63. The normalized spacial score (nSPS) is 10.7. The molecule has 1 aromatic carbocycles. The van der Waals surface area contributed by atoms with Gasteiger partial charge in [0.1, 0.15) is 5.82 Å². The fraction of sp³-hybridized carbons (Fsp3) is 0.308. The van der Waals surface area contributed by atoms with Gasteiger partial charge in [-0.15, -0.1) is 0 Å². The molecule has 2 aromatic rings. The van der Waals surface area contributed by atoms with Crippen LogP contribution < -0.4 is 5.73 Å². The lowest BCUT2D eigenvalue weighted by Gasteiger charge is -2.08. The highest BCUT2D eigenvalue weighted by molar-refractivity contribution is 5.43. The lowest BCUT2D eigenvalue weighted by atomic mass is 10.1. The van der Waals surface area contributed by atoms with Crippen LogP contribution in [0.25, 0.3) is 5.69 Å². The summed E-state index contributed by atoms with van der Waals surface area (Å²) in [5.41, 5.74) is 10.5. The van der Waals surface area contributed by atoms with Crippen LogP contribution in [-0.4, -0.2) is 9.78 Å². The number of hydrogen-bond acceptors (Lipinski definition) is 2. The molecule has 0 aliphatic carbocycles. The Balaban J connectivity index is 2.57. The zero-order valence-corrected chi connectivity index (χ0v) is 9.99. The minimum Gasteiger partial charge on any atom is -0.382 e. The van der Waals surface area contributed by atoms with Gasteiger partial charge in [-0.05, 0) is 43.5 Å². The topological polar surface area (TPSA) is 43.8 Å². The summed E-state index contributed by atoms with van der Waals surface area (Å²) in [6, 6.07) is 8.33. The fourth-order valence-electron chi connectivity index (χ4n) is 1.99. The molecule has 0 fully saturated rings. The first-order valence-corrected chi connectivity index (χ1v) is 5.53. The fourth-order valence-corrected chi connectivity index (χ4v) is 1.99. The van der Waals surface area contributed by atoms with Gasteiger partial charge in [-0.2, -0.15) is 5.10 Å². The third-order valence-electron chi connectivity index (χ3n) is 2.62. The van der Waals surface area contributed by atoms with E-state index in [1.54, 1.807) is 0 Å². The number of nitrogens with two attached hydrogens (primary N) is 1. The van der Waals surface area contributed by atoms with E-state index in [0.29, 0.717) is 5.82 Å². The minimum atomic E-state index is 0.580. The number of nitrogen functional groups attached to an aromatic ring is 1. The van der Waals surface area contributed by atoms with Crippen LogP contribution in [0.2, 0.25) is 0 Å². The lowest BCUT2D eigenvalue weighted by molar-refractivity contribution is 0.815. The molecule has 0 atom stereocenters. The molecule has 16 heavy (non-hydrogen) atoms. The molecule has 0 bridgehead atoms. The first kappa shape index (κ1) is 10.7. The van der Waals surface area contributed by atoms with Gasteiger partial charge >= 0.3 is 0 Å². The van der Waals surface area contributed by atoms with E-state index in [2.05, 4.69) is 44.1 Å². The molecule has 1 heterocycles. The van der Waals surface area contributed by atoms with Gasteiger partial charge in [-0.1, -0.05) is 13.0 Å². The molecule has 0 spiro atoms. The molecule has 0 radical (unpaired) electrons. The number of aryl methyl sites for hydroxylation is 3. The highest BCUT2D eigenvalue weighted by atomic mass is 15.3.